The molecule has 452 valence electrons. The summed E-state index contributed by atoms with van der Waals surface area (Å²) in [5, 5.41) is 0. The fourth-order valence-corrected chi connectivity index (χ4v) is 19.2. The van der Waals surface area contributed by atoms with E-state index in [-0.39, 0.29) is 51.4 Å². The molecule has 0 heterocycles. The van der Waals surface area contributed by atoms with Crippen LogP contribution in [0.25, 0.3) is 0 Å². The molecule has 3 atom stereocenters. The Morgan fingerprint density at radius 1 is 0.506 bits per heavy atom. The van der Waals surface area contributed by atoms with Gasteiger partial charge < -0.3 is 18.6 Å². The maximum Gasteiger partial charge on any atom is 0.426 e. The minimum atomic E-state index is -5.16. The Labute approximate surface area is 504 Å². The molecule has 8 aliphatic rings. The highest BCUT2D eigenvalue weighted by Crippen LogP contribution is 2.61. The average Bonchev–Trinajstić information content (AvgIpc) is 1.45. The van der Waals surface area contributed by atoms with Gasteiger partial charge in [0.2, 0.25) is 6.10 Å². The van der Waals surface area contributed by atoms with E-state index < -0.39 is 66.8 Å². The number of ether oxygens (including phenoxy) is 2. The Hall–Kier alpha value is -5.76. The predicted molar refractivity (Wildman–Crippen MR) is 319 cm³/mol. The van der Waals surface area contributed by atoms with Crippen molar-refractivity contribution in [3.8, 4) is 0 Å². The third-order valence-electron chi connectivity index (χ3n) is 17.3. The number of hydrogen-bond acceptors (Lipinski definition) is 11. The minimum absolute atomic E-state index is 0.0146. The Balaban J connectivity index is 0.000000136. The lowest BCUT2D eigenvalue weighted by molar-refractivity contribution is -0.226. The maximum atomic E-state index is 12.9. The molecular weight excluding hydrogens is 1170 g/mol. The van der Waals surface area contributed by atoms with E-state index in [2.05, 4.69) is 201 Å². The summed E-state index contributed by atoms with van der Waals surface area (Å²) in [5.41, 5.74) is 0.0319. The van der Waals surface area contributed by atoms with Gasteiger partial charge in [-0.15, -0.1) is 0 Å². The Kier molecular flexibility index (Phi) is 20.0. The van der Waals surface area contributed by atoms with Gasteiger partial charge in [-0.1, -0.05) is 124 Å². The number of hydrogen-bond donors (Lipinski definition) is 0. The highest BCUT2D eigenvalue weighted by molar-refractivity contribution is 7.97. The van der Waals surface area contributed by atoms with Crippen LogP contribution in [0.3, 0.4) is 0 Å². The van der Waals surface area contributed by atoms with E-state index in [1.807, 2.05) is 0 Å². The molecule has 8 aliphatic carbocycles. The van der Waals surface area contributed by atoms with Gasteiger partial charge in [0.15, 0.2) is 29.4 Å². The van der Waals surface area contributed by atoms with Crippen LogP contribution < -0.4 is 0 Å². The number of carbonyl (C=O) groups excluding carboxylic acids is 3. The first kappa shape index (κ1) is 63.7. The Morgan fingerprint density at radius 3 is 1.15 bits per heavy atom. The molecule has 11 nitrogen and oxygen atoms in total. The van der Waals surface area contributed by atoms with Crippen molar-refractivity contribution in [2.75, 3.05) is 18.1 Å². The van der Waals surface area contributed by atoms with Gasteiger partial charge in [0.05, 0.1) is 64.4 Å². The molecule has 6 aromatic rings. The number of rotatable bonds is 14. The van der Waals surface area contributed by atoms with Gasteiger partial charge in [-0.05, 0) is 178 Å². The maximum absolute atomic E-state index is 12.9. The highest BCUT2D eigenvalue weighted by Gasteiger charge is 2.60. The van der Waals surface area contributed by atoms with Crippen molar-refractivity contribution in [3.63, 3.8) is 0 Å². The molecule has 8 saturated carbocycles. The second-order valence-electron chi connectivity index (χ2n) is 24.7. The Morgan fingerprint density at radius 2 is 0.835 bits per heavy atom. The first-order chi connectivity index (χ1) is 40.3. The van der Waals surface area contributed by atoms with Crippen LogP contribution >= 0.6 is 0 Å². The molecule has 3 unspecified atom stereocenters. The van der Waals surface area contributed by atoms with Gasteiger partial charge in [0.25, 0.3) is 0 Å². The molecule has 0 aromatic heterocycles. The standard InChI is InChI=1S/C22H23S.C18H15S.C14H19F3O5S.C13H18O6S/c1-22(2,3)18-14-16-21(17-15-18)23(19-10-6-4-7-11-19)20-12-8-5-9-13-20;1-4-10-16(11-5-1)19(17-12-6-2-7-13-17)18-14-8-3-9-15-18;15-14(16,17)11(7-23(19,20)21)22-12(18)13-4-8-1-9(5-13)3-10(2-8)6-13;14-11-9-3-8-4-10(11)7-13(5-8,6-9)12(15)19-1-2-20(16,17)18/h4-17H,1-3H3;1-15H;8-11H,1-7H2,(H,19,20,21);8-10H,1-7H2,(H,16,17,18)/q2*+1;;/p-2. The summed E-state index contributed by atoms with van der Waals surface area (Å²) in [5.74, 6) is -2.24. The van der Waals surface area contributed by atoms with Gasteiger partial charge >= 0.3 is 18.1 Å². The molecule has 8 bridgehead atoms. The van der Waals surface area contributed by atoms with Gasteiger partial charge in [-0.25, -0.2) is 16.8 Å². The monoisotopic (exact) mass is 1240 g/mol. The zero-order valence-corrected chi connectivity index (χ0v) is 51.2. The molecule has 0 aliphatic heterocycles. The summed E-state index contributed by atoms with van der Waals surface area (Å²) >= 11 is 0. The van der Waals surface area contributed by atoms with Crippen LogP contribution in [0.15, 0.2) is 205 Å². The molecule has 0 radical (unpaired) electrons. The van der Waals surface area contributed by atoms with Crippen molar-refractivity contribution >= 4 is 59.7 Å². The predicted octanol–water partition coefficient (Wildman–Crippen LogP) is 13.6. The number of esters is 2. The van der Waals surface area contributed by atoms with E-state index in [4.69, 9.17) is 4.74 Å². The third kappa shape index (κ3) is 16.5. The number of alkyl halides is 3. The van der Waals surface area contributed by atoms with Crippen LogP contribution in [0.1, 0.15) is 97.0 Å². The van der Waals surface area contributed by atoms with E-state index >= 15 is 0 Å². The van der Waals surface area contributed by atoms with Crippen LogP contribution in [0.5, 0.6) is 0 Å². The first-order valence-corrected chi connectivity index (χ1v) is 34.6. The number of benzene rings is 6. The third-order valence-corrected chi connectivity index (χ3v) is 23.1. The van der Waals surface area contributed by atoms with Crippen molar-refractivity contribution in [1.82, 2.24) is 0 Å². The van der Waals surface area contributed by atoms with Crippen molar-refractivity contribution < 1.29 is 63.0 Å². The molecule has 0 spiro atoms. The van der Waals surface area contributed by atoms with E-state index in [1.54, 1.807) is 0 Å². The summed E-state index contributed by atoms with van der Waals surface area (Å²) < 4.78 is 112. The van der Waals surface area contributed by atoms with E-state index in [1.165, 1.54) is 34.9 Å². The second kappa shape index (κ2) is 26.7. The first-order valence-electron chi connectivity index (χ1n) is 29.0. The normalized spacial score (nSPS) is 24.9. The zero-order valence-electron chi connectivity index (χ0n) is 47.9. The number of ketones is 1. The minimum Gasteiger partial charge on any atom is -0.748 e. The van der Waals surface area contributed by atoms with E-state index in [0.717, 1.165) is 38.5 Å². The van der Waals surface area contributed by atoms with Crippen LogP contribution in [-0.4, -0.2) is 74.1 Å². The van der Waals surface area contributed by atoms with E-state index in [9.17, 15) is 53.5 Å². The summed E-state index contributed by atoms with van der Waals surface area (Å²) in [6.45, 7) is 6.39. The highest BCUT2D eigenvalue weighted by atomic mass is 32.2. The summed E-state index contributed by atoms with van der Waals surface area (Å²) in [6.07, 6.45) is 0.114. The second-order valence-corrected chi connectivity index (χ2v) is 31.8. The van der Waals surface area contributed by atoms with Gasteiger partial charge in [0.1, 0.15) is 12.4 Å². The lowest BCUT2D eigenvalue weighted by Gasteiger charge is -2.55. The van der Waals surface area contributed by atoms with Gasteiger partial charge in [-0.3, -0.25) is 14.4 Å². The molecule has 18 heteroatoms. The van der Waals surface area contributed by atoms with Gasteiger partial charge in [0, 0.05) is 11.8 Å². The topological polar surface area (TPSA) is 184 Å². The van der Waals surface area contributed by atoms with Crippen LogP contribution in [0, 0.1) is 46.3 Å². The van der Waals surface area contributed by atoms with Gasteiger partial charge in [-0.2, -0.15) is 13.2 Å². The lowest BCUT2D eigenvalue weighted by Crippen LogP contribution is -2.55. The van der Waals surface area contributed by atoms with Crippen molar-refractivity contribution in [3.05, 3.63) is 181 Å². The van der Waals surface area contributed by atoms with Crippen molar-refractivity contribution in [1.29, 1.82) is 0 Å². The molecule has 85 heavy (non-hydrogen) atoms. The molecule has 6 aromatic carbocycles. The van der Waals surface area contributed by atoms with Crippen molar-refractivity contribution in [2.45, 2.75) is 138 Å². The SMILES string of the molecule is CC(C)(C)c1ccc([S+](c2ccccc2)c2ccccc2)cc1.O=C(OC(CS(=O)(=O)[O-])C(F)(F)F)C12CC3CC(CC(C3)C1)C2.O=C1C2CC3CC1CC(C(=O)OCCS(=O)(=O)[O-])(C3)C2.c1ccc([S+](c2ccccc2)c2ccccc2)cc1. The molecular formula is C67H73F3O11S4. The number of carbonyl (C=O) groups is 3. The fourth-order valence-electron chi connectivity index (χ4n) is 14.1. The number of Topliss-reactive ketones (excluding diaryl/α,β-unsaturated/α-hetero) is 1. The quantitative estimate of drug-likeness (QED) is 0.0574. The smallest absolute Gasteiger partial charge is 0.426 e. The molecule has 0 N–H and O–H groups in total. The lowest BCUT2D eigenvalue weighted by atomic mass is 9.49. The number of halogens is 3. The Bertz CT molecular complexity index is 3250. The van der Waals surface area contributed by atoms with E-state index in [0.29, 0.717) is 55.8 Å². The molecule has 0 saturated heterocycles. The summed E-state index contributed by atoms with van der Waals surface area (Å²) in [6, 6.07) is 62.9. The fraction of sp³-hybridized carbons (Fsp3) is 0.418. The molecule has 0 amide bonds. The summed E-state index contributed by atoms with van der Waals surface area (Å²) in [4.78, 5) is 44.9. The average molecular weight is 1240 g/mol. The van der Waals surface area contributed by atoms with Crippen LogP contribution in [-0.2, 0) is 71.3 Å². The molecule has 8 fully saturated rings. The largest absolute Gasteiger partial charge is 0.748 e. The summed E-state index contributed by atoms with van der Waals surface area (Å²) in [7, 11) is -9.59. The molecule has 14 rings (SSSR count). The zero-order chi connectivity index (χ0) is 60.8. The van der Waals surface area contributed by atoms with Crippen LogP contribution in [0.2, 0.25) is 0 Å². The van der Waals surface area contributed by atoms with Crippen molar-refractivity contribution in [2.24, 2.45) is 46.3 Å². The van der Waals surface area contributed by atoms with Crippen LogP contribution in [0.4, 0.5) is 13.2 Å².